The van der Waals surface area contributed by atoms with Gasteiger partial charge in [0.25, 0.3) is 0 Å². The summed E-state index contributed by atoms with van der Waals surface area (Å²) >= 11 is 5.54. The predicted octanol–water partition coefficient (Wildman–Crippen LogP) is 2.54. The molecule has 1 aromatic rings. The van der Waals surface area contributed by atoms with Crippen molar-refractivity contribution in [1.29, 1.82) is 0 Å². The fourth-order valence-electron chi connectivity index (χ4n) is 1.05. The normalized spacial score (nSPS) is 10.5. The van der Waals surface area contributed by atoms with Crippen LogP contribution in [0.2, 0.25) is 5.02 Å². The molecule has 0 heterocycles. The number of aliphatic hydroxyl groups excluding tert-OH is 1. The highest BCUT2D eigenvalue weighted by Crippen LogP contribution is 2.23. The molecule has 0 saturated carbocycles. The molecule has 0 aliphatic carbocycles. The van der Waals surface area contributed by atoms with Crippen molar-refractivity contribution >= 4 is 11.6 Å². The first-order valence-corrected chi connectivity index (χ1v) is 4.28. The van der Waals surface area contributed by atoms with Gasteiger partial charge in [0.15, 0.2) is 0 Å². The number of aliphatic hydroxyl groups is 1. The van der Waals surface area contributed by atoms with Crippen LogP contribution in [-0.4, -0.2) is 11.7 Å². The molecular formula is C9H9ClF2O. The van der Waals surface area contributed by atoms with Gasteiger partial charge in [0.05, 0.1) is 5.02 Å². The predicted molar refractivity (Wildman–Crippen MR) is 46.8 cm³/mol. The van der Waals surface area contributed by atoms with Crippen molar-refractivity contribution < 1.29 is 13.9 Å². The molecule has 0 unspecified atom stereocenters. The van der Waals surface area contributed by atoms with Crippen molar-refractivity contribution in [2.45, 2.75) is 12.8 Å². The average Bonchev–Trinajstić information content (AvgIpc) is 2.12. The Bertz CT molecular complexity index is 302. The molecule has 4 heteroatoms. The van der Waals surface area contributed by atoms with E-state index in [4.69, 9.17) is 16.7 Å². The van der Waals surface area contributed by atoms with Gasteiger partial charge in [0, 0.05) is 12.2 Å². The van der Waals surface area contributed by atoms with E-state index >= 15 is 0 Å². The Kier molecular flexibility index (Phi) is 3.63. The summed E-state index contributed by atoms with van der Waals surface area (Å²) in [6.45, 7) is -0.0632. The lowest BCUT2D eigenvalue weighted by Crippen LogP contribution is -1.96. The van der Waals surface area contributed by atoms with Gasteiger partial charge >= 0.3 is 0 Å². The Morgan fingerprint density at radius 1 is 1.23 bits per heavy atom. The van der Waals surface area contributed by atoms with E-state index in [0.29, 0.717) is 6.42 Å². The van der Waals surface area contributed by atoms with Gasteiger partial charge < -0.3 is 5.11 Å². The Hall–Kier alpha value is -0.670. The van der Waals surface area contributed by atoms with Crippen LogP contribution in [0.25, 0.3) is 0 Å². The van der Waals surface area contributed by atoms with Crippen LogP contribution in [0, 0.1) is 11.6 Å². The molecule has 1 rings (SSSR count). The molecule has 0 radical (unpaired) electrons. The second-order valence-corrected chi connectivity index (χ2v) is 3.03. The summed E-state index contributed by atoms with van der Waals surface area (Å²) < 4.78 is 25.8. The second-order valence-electron chi connectivity index (χ2n) is 2.65. The lowest BCUT2D eigenvalue weighted by molar-refractivity contribution is 0.288. The van der Waals surface area contributed by atoms with Crippen LogP contribution in [0.3, 0.4) is 0 Å². The summed E-state index contributed by atoms with van der Waals surface area (Å²) in [6, 6.07) is 2.02. The highest BCUT2D eigenvalue weighted by molar-refractivity contribution is 6.31. The number of halogens is 3. The highest BCUT2D eigenvalue weighted by atomic mass is 35.5. The van der Waals surface area contributed by atoms with E-state index in [9.17, 15) is 8.78 Å². The van der Waals surface area contributed by atoms with Crippen LogP contribution in [0.15, 0.2) is 12.1 Å². The molecule has 0 aliphatic heterocycles. The molecule has 1 N–H and O–H groups in total. The van der Waals surface area contributed by atoms with E-state index in [1.165, 1.54) is 0 Å². The van der Waals surface area contributed by atoms with Crippen LogP contribution in [-0.2, 0) is 6.42 Å². The lowest BCUT2D eigenvalue weighted by atomic mass is 10.1. The minimum Gasteiger partial charge on any atom is -0.396 e. The number of rotatable bonds is 3. The molecule has 0 amide bonds. The molecule has 0 aromatic heterocycles. The van der Waals surface area contributed by atoms with Crippen LogP contribution < -0.4 is 0 Å². The minimum absolute atomic E-state index is 0.0632. The molecule has 1 nitrogen and oxygen atoms in total. The second kappa shape index (κ2) is 4.53. The Labute approximate surface area is 80.0 Å². The van der Waals surface area contributed by atoms with E-state index in [1.54, 1.807) is 0 Å². The fourth-order valence-corrected chi connectivity index (χ4v) is 1.30. The van der Waals surface area contributed by atoms with Crippen LogP contribution in [0.1, 0.15) is 12.0 Å². The van der Waals surface area contributed by atoms with E-state index in [-0.39, 0.29) is 23.6 Å². The lowest BCUT2D eigenvalue weighted by Gasteiger charge is -2.04. The van der Waals surface area contributed by atoms with Crippen molar-refractivity contribution in [2.75, 3.05) is 6.61 Å². The third kappa shape index (κ3) is 2.39. The smallest absolute Gasteiger partial charge is 0.142 e. The van der Waals surface area contributed by atoms with Gasteiger partial charge in [-0.2, -0.15) is 0 Å². The molecule has 72 valence electrons. The van der Waals surface area contributed by atoms with Crippen molar-refractivity contribution in [1.82, 2.24) is 0 Å². The van der Waals surface area contributed by atoms with Gasteiger partial charge in [-0.1, -0.05) is 11.6 Å². The average molecular weight is 207 g/mol. The largest absolute Gasteiger partial charge is 0.396 e. The van der Waals surface area contributed by atoms with Crippen LogP contribution >= 0.6 is 11.6 Å². The van der Waals surface area contributed by atoms with Crippen molar-refractivity contribution in [3.63, 3.8) is 0 Å². The van der Waals surface area contributed by atoms with Crippen molar-refractivity contribution in [3.8, 4) is 0 Å². The number of hydrogen-bond donors (Lipinski definition) is 1. The zero-order chi connectivity index (χ0) is 9.84. The summed E-state index contributed by atoms with van der Waals surface area (Å²) in [5.41, 5.74) is 0.135. The van der Waals surface area contributed by atoms with Crippen molar-refractivity contribution in [3.05, 3.63) is 34.4 Å². The van der Waals surface area contributed by atoms with Gasteiger partial charge in [-0.25, -0.2) is 8.78 Å². The first-order chi connectivity index (χ1) is 6.16. The zero-order valence-corrected chi connectivity index (χ0v) is 7.61. The van der Waals surface area contributed by atoms with Crippen molar-refractivity contribution in [2.24, 2.45) is 0 Å². The Balaban J connectivity index is 2.96. The van der Waals surface area contributed by atoms with Gasteiger partial charge in [-0.3, -0.25) is 0 Å². The van der Waals surface area contributed by atoms with E-state index in [2.05, 4.69) is 0 Å². The monoisotopic (exact) mass is 206 g/mol. The van der Waals surface area contributed by atoms with Crippen LogP contribution in [0.4, 0.5) is 8.78 Å². The first-order valence-electron chi connectivity index (χ1n) is 3.90. The summed E-state index contributed by atoms with van der Waals surface area (Å²) in [7, 11) is 0. The molecular weight excluding hydrogens is 198 g/mol. The van der Waals surface area contributed by atoms with E-state index in [1.807, 2.05) is 0 Å². The minimum atomic E-state index is -0.629. The zero-order valence-electron chi connectivity index (χ0n) is 6.86. The molecule has 13 heavy (non-hydrogen) atoms. The maximum atomic E-state index is 13.0. The molecule has 1 aromatic carbocycles. The standard InChI is InChI=1S/C9H9ClF2O/c10-9-6(2-1-5-13)7(11)3-4-8(9)12/h3-4,13H,1-2,5H2. The van der Waals surface area contributed by atoms with Gasteiger partial charge in [0.1, 0.15) is 11.6 Å². The topological polar surface area (TPSA) is 20.2 Å². The third-order valence-electron chi connectivity index (χ3n) is 1.72. The Morgan fingerprint density at radius 3 is 2.46 bits per heavy atom. The number of benzene rings is 1. The van der Waals surface area contributed by atoms with Gasteiger partial charge in [0.2, 0.25) is 0 Å². The molecule has 0 saturated heterocycles. The highest BCUT2D eigenvalue weighted by Gasteiger charge is 2.10. The maximum Gasteiger partial charge on any atom is 0.142 e. The molecule has 0 aliphatic rings. The molecule has 0 fully saturated rings. The van der Waals surface area contributed by atoms with E-state index < -0.39 is 11.6 Å². The SMILES string of the molecule is OCCCc1c(F)ccc(F)c1Cl. The summed E-state index contributed by atoms with van der Waals surface area (Å²) in [6.07, 6.45) is 0.624. The summed E-state index contributed by atoms with van der Waals surface area (Å²) in [5.74, 6) is -1.16. The van der Waals surface area contributed by atoms with Crippen LogP contribution in [0.5, 0.6) is 0 Å². The quantitative estimate of drug-likeness (QED) is 0.754. The molecule has 0 spiro atoms. The summed E-state index contributed by atoms with van der Waals surface area (Å²) in [5, 5.41) is 8.33. The van der Waals surface area contributed by atoms with E-state index in [0.717, 1.165) is 12.1 Å². The molecule has 0 atom stereocenters. The third-order valence-corrected chi connectivity index (χ3v) is 2.13. The fraction of sp³-hybridized carbons (Fsp3) is 0.333. The van der Waals surface area contributed by atoms with Gasteiger partial charge in [-0.15, -0.1) is 0 Å². The maximum absolute atomic E-state index is 13.0. The Morgan fingerprint density at radius 2 is 1.85 bits per heavy atom. The summed E-state index contributed by atoms with van der Waals surface area (Å²) in [4.78, 5) is 0. The van der Waals surface area contributed by atoms with Gasteiger partial charge in [-0.05, 0) is 25.0 Å². The first kappa shape index (κ1) is 10.4. The number of hydrogen-bond acceptors (Lipinski definition) is 1. The molecule has 0 bridgehead atoms.